The maximum absolute atomic E-state index is 12.7. The molecule has 0 aliphatic carbocycles. The zero-order valence-corrected chi connectivity index (χ0v) is 16.9. The zero-order chi connectivity index (χ0) is 22.0. The molecule has 0 saturated carbocycles. The number of amides is 1. The molecule has 0 bridgehead atoms. The summed E-state index contributed by atoms with van der Waals surface area (Å²) in [7, 11) is 2.06. The molecule has 0 spiro atoms. The van der Waals surface area contributed by atoms with Crippen LogP contribution in [0.2, 0.25) is 0 Å². The minimum absolute atomic E-state index is 0.141. The summed E-state index contributed by atoms with van der Waals surface area (Å²) in [6.45, 7) is 3.83. The fourth-order valence-corrected chi connectivity index (χ4v) is 3.37. The Morgan fingerprint density at radius 3 is 2.42 bits per heavy atom. The lowest BCUT2D eigenvalue weighted by atomic mass is 10.1. The third-order valence-corrected chi connectivity index (χ3v) is 5.18. The smallest absolute Gasteiger partial charge is 0.310 e. The molecule has 0 aromatic carbocycles. The molecule has 4 heterocycles. The fourth-order valence-electron chi connectivity index (χ4n) is 3.37. The van der Waals surface area contributed by atoms with Crippen molar-refractivity contribution in [3.63, 3.8) is 0 Å². The predicted octanol–water partition coefficient (Wildman–Crippen LogP) is 2.90. The Kier molecular flexibility index (Phi) is 5.84. The van der Waals surface area contributed by atoms with Crippen LogP contribution in [0.5, 0.6) is 0 Å². The molecule has 4 rings (SSSR count). The van der Waals surface area contributed by atoms with Crippen molar-refractivity contribution < 1.29 is 18.0 Å². The second kappa shape index (κ2) is 8.56. The Morgan fingerprint density at radius 1 is 1.00 bits per heavy atom. The van der Waals surface area contributed by atoms with Crippen LogP contribution in [-0.4, -0.2) is 70.4 Å². The molecule has 31 heavy (non-hydrogen) atoms. The van der Waals surface area contributed by atoms with E-state index in [-0.39, 0.29) is 5.91 Å². The summed E-state index contributed by atoms with van der Waals surface area (Å²) in [6.07, 6.45) is -0.150. The summed E-state index contributed by atoms with van der Waals surface area (Å²) in [5.41, 5.74) is -0.00594. The predicted molar refractivity (Wildman–Crippen MR) is 110 cm³/mol. The van der Waals surface area contributed by atoms with Crippen LogP contribution >= 0.6 is 0 Å². The minimum atomic E-state index is -4.49. The lowest BCUT2D eigenvalue weighted by Crippen LogP contribution is -2.47. The highest BCUT2D eigenvalue weighted by Crippen LogP contribution is 2.29. The van der Waals surface area contributed by atoms with Crippen molar-refractivity contribution >= 4 is 22.5 Å². The molecule has 10 heteroatoms. The molecule has 1 aliphatic heterocycles. The van der Waals surface area contributed by atoms with Crippen molar-refractivity contribution in [3.8, 4) is 11.3 Å². The molecular weight excluding hydrogens is 409 g/mol. The quantitative estimate of drug-likeness (QED) is 0.686. The molecule has 1 saturated heterocycles. The van der Waals surface area contributed by atoms with E-state index >= 15 is 0 Å². The average Bonchev–Trinajstić information content (AvgIpc) is 2.74. The van der Waals surface area contributed by atoms with Gasteiger partial charge in [0, 0.05) is 55.7 Å². The average molecular weight is 430 g/mol. The van der Waals surface area contributed by atoms with Crippen molar-refractivity contribution in [2.45, 2.75) is 6.18 Å². The molecule has 0 unspecified atom stereocenters. The first-order valence-corrected chi connectivity index (χ1v) is 9.78. The topological polar surface area (TPSA) is 74.2 Å². The summed E-state index contributed by atoms with van der Waals surface area (Å²) < 4.78 is 38.2. The molecule has 3 aromatic rings. The first kappa shape index (κ1) is 21.1. The Balaban J connectivity index is 1.49. The highest BCUT2D eigenvalue weighted by Gasteiger charge is 2.32. The molecule has 162 valence electrons. The molecular formula is C21H21F3N6O. The number of nitrogens with one attached hydrogen (secondary N) is 1. The molecule has 0 atom stereocenters. The van der Waals surface area contributed by atoms with E-state index < -0.39 is 11.9 Å². The van der Waals surface area contributed by atoms with Crippen LogP contribution in [0.25, 0.3) is 22.0 Å². The van der Waals surface area contributed by atoms with Crippen LogP contribution in [-0.2, 0) is 11.0 Å². The first-order chi connectivity index (χ1) is 14.8. The third-order valence-electron chi connectivity index (χ3n) is 5.18. The van der Waals surface area contributed by atoms with Crippen LogP contribution in [0.15, 0.2) is 42.9 Å². The van der Waals surface area contributed by atoms with Gasteiger partial charge in [0.25, 0.3) is 0 Å². The number of rotatable bonds is 4. The Morgan fingerprint density at radius 2 is 1.74 bits per heavy atom. The number of nitrogens with zero attached hydrogens (tertiary/aromatic N) is 5. The van der Waals surface area contributed by atoms with Crippen molar-refractivity contribution in [2.75, 3.05) is 45.1 Å². The van der Waals surface area contributed by atoms with Gasteiger partial charge in [-0.25, -0.2) is 4.98 Å². The number of alkyl halides is 3. The van der Waals surface area contributed by atoms with Gasteiger partial charge >= 0.3 is 6.18 Å². The maximum atomic E-state index is 12.7. The highest BCUT2D eigenvalue weighted by molar-refractivity contribution is 5.94. The van der Waals surface area contributed by atoms with E-state index in [4.69, 9.17) is 0 Å². The van der Waals surface area contributed by atoms with Crippen molar-refractivity contribution in [2.24, 2.45) is 0 Å². The van der Waals surface area contributed by atoms with Gasteiger partial charge in [-0.05, 0) is 36.7 Å². The molecule has 0 radical (unpaired) electrons. The first-order valence-electron chi connectivity index (χ1n) is 9.78. The molecule has 3 aromatic heterocycles. The van der Waals surface area contributed by atoms with E-state index in [1.165, 1.54) is 6.07 Å². The summed E-state index contributed by atoms with van der Waals surface area (Å²) in [5.74, 6) is 0.270. The number of pyridine rings is 3. The SMILES string of the molecule is CN1CCN(CC(=O)Nc2cc3cc(-c4ccc(C(F)(F)F)nc4)ncc3cn2)CC1. The van der Waals surface area contributed by atoms with Gasteiger partial charge in [-0.2, -0.15) is 13.2 Å². The standard InChI is InChI=1S/C21H21F3N6O/c1-29-4-6-30(7-5-29)13-20(31)28-19-9-15-8-17(25-11-16(15)12-27-19)14-2-3-18(26-10-14)21(22,23)24/h2-3,8-12H,4-7,13H2,1H3,(H,27,28,31). The Hall–Kier alpha value is -3.11. The van der Waals surface area contributed by atoms with Gasteiger partial charge in [-0.1, -0.05) is 0 Å². The van der Waals surface area contributed by atoms with Crippen molar-refractivity contribution in [1.29, 1.82) is 0 Å². The number of anilines is 1. The molecule has 1 N–H and O–H groups in total. The second-order valence-electron chi connectivity index (χ2n) is 7.54. The normalized spacial score (nSPS) is 15.9. The van der Waals surface area contributed by atoms with Crippen LogP contribution in [0.4, 0.5) is 19.0 Å². The van der Waals surface area contributed by atoms with Gasteiger partial charge in [0.15, 0.2) is 0 Å². The van der Waals surface area contributed by atoms with E-state index in [1.54, 1.807) is 24.5 Å². The lowest BCUT2D eigenvalue weighted by molar-refractivity contribution is -0.141. The van der Waals surface area contributed by atoms with Gasteiger partial charge in [-0.15, -0.1) is 0 Å². The third kappa shape index (κ3) is 5.15. The number of hydrogen-bond acceptors (Lipinski definition) is 6. The van der Waals surface area contributed by atoms with E-state index in [0.717, 1.165) is 49.2 Å². The summed E-state index contributed by atoms with van der Waals surface area (Å²) >= 11 is 0. The van der Waals surface area contributed by atoms with Crippen molar-refractivity contribution in [3.05, 3.63) is 48.5 Å². The minimum Gasteiger partial charge on any atom is -0.310 e. The number of likely N-dealkylation sites (N-methyl/N-ethyl adjacent to an activating group) is 1. The maximum Gasteiger partial charge on any atom is 0.433 e. The van der Waals surface area contributed by atoms with Gasteiger partial charge in [-0.3, -0.25) is 19.7 Å². The van der Waals surface area contributed by atoms with Crippen LogP contribution in [0, 0.1) is 0 Å². The molecule has 1 amide bonds. The lowest BCUT2D eigenvalue weighted by Gasteiger charge is -2.31. The summed E-state index contributed by atoms with van der Waals surface area (Å²) in [5, 5.41) is 4.32. The van der Waals surface area contributed by atoms with Crippen LogP contribution < -0.4 is 5.32 Å². The number of piperazine rings is 1. The highest BCUT2D eigenvalue weighted by atomic mass is 19.4. The molecule has 1 fully saturated rings. The number of carbonyl (C=O) groups excluding carboxylic acids is 1. The van der Waals surface area contributed by atoms with E-state index in [1.807, 2.05) is 0 Å². The summed E-state index contributed by atoms with van der Waals surface area (Å²) in [4.78, 5) is 28.7. The largest absolute Gasteiger partial charge is 0.433 e. The number of carbonyl (C=O) groups is 1. The summed E-state index contributed by atoms with van der Waals surface area (Å²) in [6, 6.07) is 5.72. The van der Waals surface area contributed by atoms with E-state index in [9.17, 15) is 18.0 Å². The van der Waals surface area contributed by atoms with Gasteiger partial charge in [0.2, 0.25) is 5.91 Å². The van der Waals surface area contributed by atoms with E-state index in [0.29, 0.717) is 23.6 Å². The van der Waals surface area contributed by atoms with Gasteiger partial charge in [0.1, 0.15) is 11.5 Å². The number of hydrogen-bond donors (Lipinski definition) is 1. The monoisotopic (exact) mass is 430 g/mol. The van der Waals surface area contributed by atoms with Gasteiger partial charge in [0.05, 0.1) is 12.2 Å². The molecule has 1 aliphatic rings. The number of halogens is 3. The van der Waals surface area contributed by atoms with Crippen LogP contribution in [0.3, 0.4) is 0 Å². The van der Waals surface area contributed by atoms with Gasteiger partial charge < -0.3 is 10.2 Å². The number of aromatic nitrogens is 3. The van der Waals surface area contributed by atoms with E-state index in [2.05, 4.69) is 37.1 Å². The fraction of sp³-hybridized carbons (Fsp3) is 0.333. The second-order valence-corrected chi connectivity index (χ2v) is 7.54. The Bertz CT molecular complexity index is 1080. The van der Waals surface area contributed by atoms with Crippen molar-refractivity contribution in [1.82, 2.24) is 24.8 Å². The Labute approximate surface area is 176 Å². The molecule has 7 nitrogen and oxygen atoms in total. The zero-order valence-electron chi connectivity index (χ0n) is 16.9. The number of fused-ring (bicyclic) bond motifs is 1. The van der Waals surface area contributed by atoms with Crippen LogP contribution in [0.1, 0.15) is 5.69 Å².